The number of hydrogen-bond acceptors (Lipinski definition) is 1. The summed E-state index contributed by atoms with van der Waals surface area (Å²) in [5.74, 6) is 0. The van der Waals surface area contributed by atoms with E-state index >= 15 is 0 Å². The van der Waals surface area contributed by atoms with E-state index in [4.69, 9.17) is 5.26 Å². The third-order valence-corrected chi connectivity index (χ3v) is 0. The van der Waals surface area contributed by atoms with Gasteiger partial charge in [0.15, 0.2) is 0 Å². The summed E-state index contributed by atoms with van der Waals surface area (Å²) in [6.45, 7) is 1.43. The molecule has 1 radical (unpaired) electrons. The Morgan fingerprint density at radius 1 is 1.60 bits per heavy atom. The zero-order valence-electron chi connectivity index (χ0n) is 2.65. The van der Waals surface area contributed by atoms with Crippen LogP contribution in [0.25, 0.3) is 0 Å². The molecule has 0 aromatic heterocycles. The zero-order chi connectivity index (χ0) is 2.71. The van der Waals surface area contributed by atoms with E-state index in [2.05, 4.69) is 0 Å². The third kappa shape index (κ3) is 104. The van der Waals surface area contributed by atoms with E-state index in [0.717, 1.165) is 0 Å². The Bertz CT molecular complexity index is 29.1. The van der Waals surface area contributed by atoms with Crippen molar-refractivity contribution in [3.8, 4) is 6.07 Å². The Balaban J connectivity index is -0.0000000200. The normalized spacial score (nSPS) is 1.60. The summed E-state index contributed by atoms with van der Waals surface area (Å²) in [4.78, 5) is 0. The molecular formula is C2H3Fe2N+5. The number of nitriles is 1. The van der Waals surface area contributed by atoms with Crippen LogP contribution in [0.4, 0.5) is 0 Å². The van der Waals surface area contributed by atoms with Gasteiger partial charge in [-0.15, -0.1) is 0 Å². The van der Waals surface area contributed by atoms with Gasteiger partial charge >= 0.3 is 34.1 Å². The molecule has 0 aromatic rings. The first kappa shape index (κ1) is 17.7. The first-order chi connectivity index (χ1) is 1.41. The average molecular weight is 153 g/mol. The summed E-state index contributed by atoms with van der Waals surface area (Å²) in [5, 5.41) is 7.32. The van der Waals surface area contributed by atoms with Crippen LogP contribution < -0.4 is 0 Å². The SMILES string of the molecule is CC#N.[Fe+2].[Fe+3]. The smallest absolute Gasteiger partial charge is 0.199 e. The van der Waals surface area contributed by atoms with Gasteiger partial charge in [0.25, 0.3) is 0 Å². The average Bonchev–Trinajstić information content (AvgIpc) is 0.918. The molecule has 0 atom stereocenters. The molecule has 0 heterocycles. The van der Waals surface area contributed by atoms with Gasteiger partial charge in [-0.05, 0) is 0 Å². The molecule has 0 saturated heterocycles. The fraction of sp³-hybridized carbons (Fsp3) is 0.500. The van der Waals surface area contributed by atoms with Crippen LogP contribution in [0, 0.1) is 11.3 Å². The molecule has 3 heteroatoms. The molecule has 0 saturated carbocycles. The van der Waals surface area contributed by atoms with Crippen LogP contribution in [-0.2, 0) is 34.1 Å². The van der Waals surface area contributed by atoms with Gasteiger partial charge in [0.05, 0.1) is 6.07 Å². The van der Waals surface area contributed by atoms with Gasteiger partial charge in [0.1, 0.15) is 0 Å². The van der Waals surface area contributed by atoms with Gasteiger partial charge < -0.3 is 0 Å². The van der Waals surface area contributed by atoms with Crippen molar-refractivity contribution in [3.05, 3.63) is 0 Å². The quantitative estimate of drug-likeness (QED) is 0.465. The van der Waals surface area contributed by atoms with Gasteiger partial charge in [0.2, 0.25) is 0 Å². The third-order valence-electron chi connectivity index (χ3n) is 0. The summed E-state index contributed by atoms with van der Waals surface area (Å²) in [6.07, 6.45) is 0. The summed E-state index contributed by atoms with van der Waals surface area (Å²) >= 11 is 0. The molecular weight excluding hydrogens is 150 g/mol. The van der Waals surface area contributed by atoms with Gasteiger partial charge in [-0.1, -0.05) is 0 Å². The van der Waals surface area contributed by atoms with Crippen LogP contribution in [0.2, 0.25) is 0 Å². The van der Waals surface area contributed by atoms with Crippen LogP contribution in [0.1, 0.15) is 6.92 Å². The molecule has 0 spiro atoms. The Morgan fingerprint density at radius 2 is 1.60 bits per heavy atom. The minimum atomic E-state index is 0. The van der Waals surface area contributed by atoms with E-state index < -0.39 is 0 Å². The predicted octanol–water partition coefficient (Wildman–Crippen LogP) is 0.525. The first-order valence-electron chi connectivity index (χ1n) is 0.724. The largest absolute Gasteiger partial charge is 3.00 e. The van der Waals surface area contributed by atoms with Crippen LogP contribution in [0.15, 0.2) is 0 Å². The Morgan fingerprint density at radius 3 is 1.60 bits per heavy atom. The van der Waals surface area contributed by atoms with Crippen LogP contribution in [-0.4, -0.2) is 0 Å². The van der Waals surface area contributed by atoms with E-state index in [9.17, 15) is 0 Å². The number of nitrogens with zero attached hydrogens (tertiary/aromatic N) is 1. The molecule has 0 aromatic carbocycles. The Hall–Kier alpha value is 0.529. The molecule has 0 aliphatic carbocycles. The molecule has 0 aliphatic rings. The second-order valence-corrected chi connectivity index (χ2v) is 0.224. The van der Waals surface area contributed by atoms with Crippen LogP contribution in [0.5, 0.6) is 0 Å². The van der Waals surface area contributed by atoms with Crippen molar-refractivity contribution < 1.29 is 34.1 Å². The minimum Gasteiger partial charge on any atom is -0.199 e. The van der Waals surface area contributed by atoms with E-state index in [1.54, 1.807) is 6.07 Å². The molecule has 0 aliphatic heterocycles. The van der Waals surface area contributed by atoms with Crippen molar-refractivity contribution in [1.29, 1.82) is 5.26 Å². The zero-order valence-corrected chi connectivity index (χ0v) is 4.86. The molecule has 0 fully saturated rings. The van der Waals surface area contributed by atoms with Gasteiger partial charge in [-0.25, -0.2) is 0 Å². The maximum Gasteiger partial charge on any atom is 3.00 e. The van der Waals surface area contributed by atoms with Crippen molar-refractivity contribution in [1.82, 2.24) is 0 Å². The maximum atomic E-state index is 7.32. The van der Waals surface area contributed by atoms with Crippen molar-refractivity contribution in [2.45, 2.75) is 6.92 Å². The van der Waals surface area contributed by atoms with Gasteiger partial charge in [-0.3, -0.25) is 0 Å². The first-order valence-corrected chi connectivity index (χ1v) is 0.724. The minimum absolute atomic E-state index is 0. The molecule has 0 N–H and O–H groups in total. The van der Waals surface area contributed by atoms with E-state index in [0.29, 0.717) is 0 Å². The second kappa shape index (κ2) is 24.1. The number of rotatable bonds is 0. The van der Waals surface area contributed by atoms with Crippen LogP contribution in [0.3, 0.4) is 0 Å². The molecule has 0 amide bonds. The molecule has 5 heavy (non-hydrogen) atoms. The summed E-state index contributed by atoms with van der Waals surface area (Å²) in [6, 6.07) is 1.75. The number of hydrogen-bond donors (Lipinski definition) is 0. The van der Waals surface area contributed by atoms with E-state index in [-0.39, 0.29) is 34.1 Å². The molecule has 0 bridgehead atoms. The molecule has 0 unspecified atom stereocenters. The summed E-state index contributed by atoms with van der Waals surface area (Å²) < 4.78 is 0. The fourth-order valence-corrected chi connectivity index (χ4v) is 0. The van der Waals surface area contributed by atoms with Gasteiger partial charge in [-0.2, -0.15) is 5.26 Å². The van der Waals surface area contributed by atoms with Gasteiger partial charge in [0, 0.05) is 6.92 Å². The van der Waals surface area contributed by atoms with Crippen molar-refractivity contribution in [3.63, 3.8) is 0 Å². The van der Waals surface area contributed by atoms with Crippen LogP contribution >= 0.6 is 0 Å². The summed E-state index contributed by atoms with van der Waals surface area (Å²) in [5.41, 5.74) is 0. The molecule has 1 nitrogen and oxygen atoms in total. The molecule has 27 valence electrons. The standard InChI is InChI=1S/C2H3N.2Fe/c1-2-3;;/h1H3;;/q;+2;+3. The Labute approximate surface area is 52.7 Å². The molecule has 0 rings (SSSR count). The van der Waals surface area contributed by atoms with E-state index in [1.807, 2.05) is 0 Å². The van der Waals surface area contributed by atoms with Crippen molar-refractivity contribution >= 4 is 0 Å². The van der Waals surface area contributed by atoms with E-state index in [1.165, 1.54) is 6.92 Å². The predicted molar refractivity (Wildman–Crippen MR) is 11.3 cm³/mol. The van der Waals surface area contributed by atoms with Crippen molar-refractivity contribution in [2.24, 2.45) is 0 Å². The fourth-order valence-electron chi connectivity index (χ4n) is 0. The van der Waals surface area contributed by atoms with Crippen molar-refractivity contribution in [2.75, 3.05) is 0 Å². The Kier molecular flexibility index (Phi) is 85.6. The topological polar surface area (TPSA) is 23.8 Å². The maximum absolute atomic E-state index is 7.32. The summed E-state index contributed by atoms with van der Waals surface area (Å²) in [7, 11) is 0. The second-order valence-electron chi connectivity index (χ2n) is 0.224. The monoisotopic (exact) mass is 153 g/mol.